The summed E-state index contributed by atoms with van der Waals surface area (Å²) in [5.74, 6) is 1.25. The molecule has 0 saturated heterocycles. The summed E-state index contributed by atoms with van der Waals surface area (Å²) < 4.78 is 1.86. The van der Waals surface area contributed by atoms with Crippen LogP contribution in [-0.4, -0.2) is 14.8 Å². The summed E-state index contributed by atoms with van der Waals surface area (Å²) in [5.41, 5.74) is 7.83. The van der Waals surface area contributed by atoms with E-state index in [2.05, 4.69) is 23.9 Å². The van der Waals surface area contributed by atoms with Crippen molar-refractivity contribution in [2.75, 3.05) is 0 Å². The zero-order chi connectivity index (χ0) is 11.5. The number of nitrogens with zero attached hydrogens (tertiary/aromatic N) is 3. The van der Waals surface area contributed by atoms with Gasteiger partial charge >= 0.3 is 0 Å². The van der Waals surface area contributed by atoms with E-state index in [9.17, 15) is 0 Å². The highest BCUT2D eigenvalue weighted by atomic mass is 15.3. The van der Waals surface area contributed by atoms with Gasteiger partial charge in [0.2, 0.25) is 0 Å². The first-order valence-electron chi connectivity index (χ1n) is 5.41. The van der Waals surface area contributed by atoms with Crippen molar-refractivity contribution < 1.29 is 0 Å². The first-order chi connectivity index (χ1) is 7.72. The Morgan fingerprint density at radius 3 is 2.81 bits per heavy atom. The van der Waals surface area contributed by atoms with E-state index in [0.717, 1.165) is 17.1 Å². The van der Waals surface area contributed by atoms with Gasteiger partial charge in [0.25, 0.3) is 0 Å². The zero-order valence-electron chi connectivity index (χ0n) is 9.59. The van der Waals surface area contributed by atoms with Gasteiger partial charge in [0.1, 0.15) is 0 Å². The summed E-state index contributed by atoms with van der Waals surface area (Å²) in [4.78, 5) is 4.32. The fourth-order valence-electron chi connectivity index (χ4n) is 1.65. The van der Waals surface area contributed by atoms with Crippen LogP contribution in [0.2, 0.25) is 0 Å². The number of nitrogens with two attached hydrogens (primary N) is 1. The maximum absolute atomic E-state index is 5.61. The lowest BCUT2D eigenvalue weighted by Gasteiger charge is -2.09. The van der Waals surface area contributed by atoms with Crippen molar-refractivity contribution >= 4 is 0 Å². The van der Waals surface area contributed by atoms with E-state index < -0.39 is 0 Å². The van der Waals surface area contributed by atoms with Gasteiger partial charge in [-0.25, -0.2) is 9.67 Å². The highest BCUT2D eigenvalue weighted by Crippen LogP contribution is 2.17. The van der Waals surface area contributed by atoms with E-state index in [0.29, 0.717) is 12.5 Å². The summed E-state index contributed by atoms with van der Waals surface area (Å²) in [6, 6.07) is 5.91. The summed E-state index contributed by atoms with van der Waals surface area (Å²) in [7, 11) is 0. The Morgan fingerprint density at radius 1 is 1.31 bits per heavy atom. The second-order valence-corrected chi connectivity index (χ2v) is 4.05. The quantitative estimate of drug-likeness (QED) is 0.851. The summed E-state index contributed by atoms with van der Waals surface area (Å²) >= 11 is 0. The molecule has 2 aromatic rings. The summed E-state index contributed by atoms with van der Waals surface area (Å²) in [5, 5.41) is 4.30. The number of aromatic nitrogens is 3. The minimum atomic E-state index is 0.422. The fourth-order valence-corrected chi connectivity index (χ4v) is 1.65. The third-order valence-electron chi connectivity index (χ3n) is 2.53. The van der Waals surface area contributed by atoms with Crippen molar-refractivity contribution in [3.63, 3.8) is 0 Å². The van der Waals surface area contributed by atoms with Gasteiger partial charge in [-0.1, -0.05) is 13.8 Å². The standard InChI is InChI=1S/C12H16N4/c1-9(2)11-4-6-15-16(11)12-7-10(8-13)3-5-14-12/h3-7,9H,8,13H2,1-2H3. The molecule has 0 aliphatic rings. The molecule has 2 aromatic heterocycles. The van der Waals surface area contributed by atoms with Crippen LogP contribution in [0, 0.1) is 0 Å². The molecule has 0 radical (unpaired) electrons. The molecule has 0 aliphatic heterocycles. The van der Waals surface area contributed by atoms with Crippen LogP contribution in [0.1, 0.15) is 31.0 Å². The van der Waals surface area contributed by atoms with Crippen LogP contribution in [0.4, 0.5) is 0 Å². The average Bonchev–Trinajstić information content (AvgIpc) is 2.78. The SMILES string of the molecule is CC(C)c1ccnn1-c1cc(CN)ccn1. The maximum atomic E-state index is 5.61. The van der Waals surface area contributed by atoms with Gasteiger partial charge in [-0.05, 0) is 29.7 Å². The predicted molar refractivity (Wildman–Crippen MR) is 63.3 cm³/mol. The highest BCUT2D eigenvalue weighted by molar-refractivity contribution is 5.29. The monoisotopic (exact) mass is 216 g/mol. The van der Waals surface area contributed by atoms with Crippen LogP contribution in [0.15, 0.2) is 30.6 Å². The minimum Gasteiger partial charge on any atom is -0.326 e. The van der Waals surface area contributed by atoms with Crippen LogP contribution in [-0.2, 0) is 6.54 Å². The lowest BCUT2D eigenvalue weighted by molar-refractivity contribution is 0.720. The van der Waals surface area contributed by atoms with Crippen LogP contribution in [0.25, 0.3) is 5.82 Å². The van der Waals surface area contributed by atoms with Gasteiger partial charge in [-0.3, -0.25) is 0 Å². The molecule has 4 nitrogen and oxygen atoms in total. The molecule has 16 heavy (non-hydrogen) atoms. The maximum Gasteiger partial charge on any atom is 0.153 e. The Kier molecular flexibility index (Phi) is 3.01. The average molecular weight is 216 g/mol. The van der Waals surface area contributed by atoms with E-state index in [1.165, 1.54) is 0 Å². The Balaban J connectivity index is 2.46. The Hall–Kier alpha value is -1.68. The Bertz CT molecular complexity index is 473. The summed E-state index contributed by atoms with van der Waals surface area (Å²) in [6.45, 7) is 4.80. The molecule has 2 N–H and O–H groups in total. The van der Waals surface area contributed by atoms with Gasteiger partial charge < -0.3 is 5.73 Å². The normalized spacial score (nSPS) is 11.0. The van der Waals surface area contributed by atoms with E-state index in [4.69, 9.17) is 5.73 Å². The molecule has 0 spiro atoms. The minimum absolute atomic E-state index is 0.422. The highest BCUT2D eigenvalue weighted by Gasteiger charge is 2.09. The van der Waals surface area contributed by atoms with Crippen molar-refractivity contribution in [1.29, 1.82) is 0 Å². The first-order valence-corrected chi connectivity index (χ1v) is 5.41. The summed E-state index contributed by atoms with van der Waals surface area (Å²) in [6.07, 6.45) is 3.56. The molecule has 0 aromatic carbocycles. The van der Waals surface area contributed by atoms with Crippen LogP contribution >= 0.6 is 0 Å². The number of hydrogen-bond acceptors (Lipinski definition) is 3. The predicted octanol–water partition coefficient (Wildman–Crippen LogP) is 1.85. The van der Waals surface area contributed by atoms with Gasteiger partial charge in [0.05, 0.1) is 0 Å². The second kappa shape index (κ2) is 4.45. The van der Waals surface area contributed by atoms with Crippen LogP contribution < -0.4 is 5.73 Å². The number of pyridine rings is 1. The zero-order valence-corrected chi connectivity index (χ0v) is 9.59. The Labute approximate surface area is 95.1 Å². The van der Waals surface area contributed by atoms with E-state index in [1.54, 1.807) is 12.4 Å². The molecule has 0 unspecified atom stereocenters. The van der Waals surface area contributed by atoms with E-state index in [-0.39, 0.29) is 0 Å². The van der Waals surface area contributed by atoms with Gasteiger partial charge in [-0.15, -0.1) is 0 Å². The third-order valence-corrected chi connectivity index (χ3v) is 2.53. The first kappa shape index (κ1) is 10.8. The number of hydrogen-bond donors (Lipinski definition) is 1. The van der Waals surface area contributed by atoms with Crippen molar-refractivity contribution in [2.24, 2.45) is 5.73 Å². The van der Waals surface area contributed by atoms with Gasteiger partial charge in [-0.2, -0.15) is 5.10 Å². The second-order valence-electron chi connectivity index (χ2n) is 4.05. The van der Waals surface area contributed by atoms with Gasteiger partial charge in [0.15, 0.2) is 5.82 Å². The third kappa shape index (κ3) is 1.97. The molecular formula is C12H16N4. The molecule has 0 amide bonds. The molecule has 4 heteroatoms. The largest absolute Gasteiger partial charge is 0.326 e. The van der Waals surface area contributed by atoms with E-state index in [1.807, 2.05) is 22.9 Å². The van der Waals surface area contributed by atoms with Crippen molar-refractivity contribution in [3.8, 4) is 5.82 Å². The molecular weight excluding hydrogens is 200 g/mol. The fraction of sp³-hybridized carbons (Fsp3) is 0.333. The lowest BCUT2D eigenvalue weighted by Crippen LogP contribution is -2.07. The molecule has 0 saturated carbocycles. The van der Waals surface area contributed by atoms with Crippen molar-refractivity contribution in [3.05, 3.63) is 41.9 Å². The van der Waals surface area contributed by atoms with Crippen molar-refractivity contribution in [1.82, 2.24) is 14.8 Å². The van der Waals surface area contributed by atoms with Crippen LogP contribution in [0.5, 0.6) is 0 Å². The molecule has 0 aliphatic carbocycles. The van der Waals surface area contributed by atoms with E-state index >= 15 is 0 Å². The van der Waals surface area contributed by atoms with Crippen LogP contribution in [0.3, 0.4) is 0 Å². The number of rotatable bonds is 3. The molecule has 0 fully saturated rings. The molecule has 0 atom stereocenters. The lowest BCUT2D eigenvalue weighted by atomic mass is 10.1. The molecule has 2 heterocycles. The topological polar surface area (TPSA) is 56.7 Å². The Morgan fingerprint density at radius 2 is 2.12 bits per heavy atom. The van der Waals surface area contributed by atoms with Gasteiger partial charge in [0, 0.05) is 24.6 Å². The van der Waals surface area contributed by atoms with Crippen molar-refractivity contribution in [2.45, 2.75) is 26.3 Å². The molecule has 2 rings (SSSR count). The smallest absolute Gasteiger partial charge is 0.153 e. The molecule has 0 bridgehead atoms. The molecule has 84 valence electrons.